The molecule has 5 aromatic rings. The molecule has 5 rings (SSSR count). The van der Waals surface area contributed by atoms with Gasteiger partial charge in [0, 0.05) is 28.3 Å². The van der Waals surface area contributed by atoms with Crippen molar-refractivity contribution in [2.24, 2.45) is 0 Å². The van der Waals surface area contributed by atoms with Crippen molar-refractivity contribution >= 4 is 62.5 Å². The van der Waals surface area contributed by atoms with E-state index in [4.69, 9.17) is 23.2 Å². The lowest BCUT2D eigenvalue weighted by molar-refractivity contribution is 0.347. The van der Waals surface area contributed by atoms with E-state index in [0.717, 1.165) is 5.69 Å². The fourth-order valence-corrected chi connectivity index (χ4v) is 4.88. The van der Waals surface area contributed by atoms with Crippen LogP contribution in [0.1, 0.15) is 43.8 Å². The van der Waals surface area contributed by atoms with Crippen LogP contribution in [-0.4, -0.2) is 25.0 Å². The molecule has 0 saturated heterocycles. The van der Waals surface area contributed by atoms with Crippen LogP contribution < -0.4 is 10.6 Å². The third-order valence-corrected chi connectivity index (χ3v) is 6.97. The van der Waals surface area contributed by atoms with Crippen molar-refractivity contribution in [2.75, 3.05) is 10.6 Å². The van der Waals surface area contributed by atoms with E-state index in [0.29, 0.717) is 38.7 Å². The summed E-state index contributed by atoms with van der Waals surface area (Å²) in [6.07, 6.45) is 3.33. The molecule has 38 heavy (non-hydrogen) atoms. The molecule has 0 aliphatic heterocycles. The Morgan fingerprint density at radius 1 is 1.08 bits per heavy atom. The summed E-state index contributed by atoms with van der Waals surface area (Å²) in [5, 5.41) is 28.0. The Hall–Kier alpha value is -3.78. The van der Waals surface area contributed by atoms with E-state index < -0.39 is 11.9 Å². The number of thiazole rings is 1. The summed E-state index contributed by atoms with van der Waals surface area (Å²) >= 11 is 14.1. The van der Waals surface area contributed by atoms with Crippen LogP contribution in [0.4, 0.5) is 21.5 Å². The average Bonchev–Trinajstić information content (AvgIpc) is 3.58. The topological polar surface area (TPSA) is 104 Å². The smallest absolute Gasteiger partial charge is 0.141 e. The van der Waals surface area contributed by atoms with E-state index in [-0.39, 0.29) is 16.1 Å². The van der Waals surface area contributed by atoms with Crippen LogP contribution >= 0.6 is 34.5 Å². The third kappa shape index (κ3) is 5.13. The second kappa shape index (κ2) is 10.2. The number of hydrogen-bond acceptors (Lipinski definition) is 8. The normalized spacial score (nSPS) is 12.3. The molecule has 2 N–H and O–H groups in total. The summed E-state index contributed by atoms with van der Waals surface area (Å²) in [5.41, 5.74) is 5.39. The van der Waals surface area contributed by atoms with Gasteiger partial charge in [0.1, 0.15) is 23.6 Å². The fourth-order valence-electron chi connectivity index (χ4n) is 3.85. The van der Waals surface area contributed by atoms with Gasteiger partial charge in [-0.2, -0.15) is 5.26 Å². The first-order valence-electron chi connectivity index (χ1n) is 11.5. The molecule has 3 aromatic heterocycles. The van der Waals surface area contributed by atoms with Crippen LogP contribution in [0.25, 0.3) is 10.9 Å². The number of nitrogens with zero attached hydrogens (tertiary/aromatic N) is 6. The zero-order chi connectivity index (χ0) is 27.0. The predicted molar refractivity (Wildman–Crippen MR) is 149 cm³/mol. The highest BCUT2D eigenvalue weighted by Gasteiger charge is 2.24. The van der Waals surface area contributed by atoms with E-state index in [2.05, 4.69) is 37.0 Å². The molecule has 1 atom stereocenters. The van der Waals surface area contributed by atoms with E-state index >= 15 is 0 Å². The maximum atomic E-state index is 13.7. The van der Waals surface area contributed by atoms with Crippen molar-refractivity contribution in [2.45, 2.75) is 32.4 Å². The molecule has 2 aromatic carbocycles. The van der Waals surface area contributed by atoms with Crippen molar-refractivity contribution in [1.82, 2.24) is 25.0 Å². The molecule has 8 nitrogen and oxygen atoms in total. The maximum Gasteiger partial charge on any atom is 0.141 e. The first kappa shape index (κ1) is 25.9. The van der Waals surface area contributed by atoms with E-state index in [9.17, 15) is 9.65 Å². The molecular formula is C26H21Cl2FN8S. The number of hydrogen-bond donors (Lipinski definition) is 2. The molecule has 0 fully saturated rings. The number of nitriles is 1. The number of anilines is 3. The molecule has 0 saturated carbocycles. The highest BCUT2D eigenvalue weighted by atomic mass is 35.5. The van der Waals surface area contributed by atoms with E-state index in [1.54, 1.807) is 16.3 Å². The molecule has 0 unspecified atom stereocenters. The lowest BCUT2D eigenvalue weighted by Gasteiger charge is -2.19. The van der Waals surface area contributed by atoms with Gasteiger partial charge in [0.25, 0.3) is 0 Å². The predicted octanol–water partition coefficient (Wildman–Crippen LogP) is 7.30. The highest BCUT2D eigenvalue weighted by Crippen LogP contribution is 2.37. The van der Waals surface area contributed by atoms with Crippen molar-refractivity contribution in [1.29, 1.82) is 5.26 Å². The molecule has 12 heteroatoms. The van der Waals surface area contributed by atoms with Crippen molar-refractivity contribution in [3.63, 3.8) is 0 Å². The minimum absolute atomic E-state index is 0.0401. The number of rotatable bonds is 6. The van der Waals surface area contributed by atoms with Crippen LogP contribution in [0, 0.1) is 17.1 Å². The quantitative estimate of drug-likeness (QED) is 0.222. The Bertz CT molecular complexity index is 1670. The SMILES string of the molecule is CC(C)(C)n1cc([C@@H](Nc2cc(Cl)c3ncc(C#N)c(Nc4ccc(F)c(Cl)c4)c3c2)c2cscn2)nn1. The van der Waals surface area contributed by atoms with Gasteiger partial charge in [0.15, 0.2) is 0 Å². The maximum absolute atomic E-state index is 13.7. The molecule has 0 bridgehead atoms. The standard InChI is InChI=1S/C26H21Cl2FN8S/c1-26(2,3)37-11-21(35-36-37)25(22-12-38-13-32-22)34-16-6-17-23(33-15-4-5-20(29)18(27)7-15)14(9-30)10-31-24(17)19(28)8-16/h4-8,10-13,25,34H,1-3H3,(H,31,33)/t25-/m1/s1. The van der Waals surface area contributed by atoms with Crippen LogP contribution in [0.3, 0.4) is 0 Å². The van der Waals surface area contributed by atoms with Gasteiger partial charge < -0.3 is 10.6 Å². The minimum atomic E-state index is -0.539. The van der Waals surface area contributed by atoms with Gasteiger partial charge in [-0.25, -0.2) is 14.1 Å². The Kier molecular flexibility index (Phi) is 6.92. The average molecular weight is 567 g/mol. The summed E-state index contributed by atoms with van der Waals surface area (Å²) in [7, 11) is 0. The molecule has 0 amide bonds. The van der Waals surface area contributed by atoms with E-state index in [1.807, 2.05) is 38.4 Å². The third-order valence-electron chi connectivity index (χ3n) is 5.79. The zero-order valence-electron chi connectivity index (χ0n) is 20.5. The van der Waals surface area contributed by atoms with Gasteiger partial charge in [0.2, 0.25) is 0 Å². The summed E-state index contributed by atoms with van der Waals surface area (Å²) in [6.45, 7) is 6.13. The minimum Gasteiger partial charge on any atom is -0.371 e. The number of fused-ring (bicyclic) bond motifs is 1. The first-order chi connectivity index (χ1) is 18.1. The van der Waals surface area contributed by atoms with Crippen LogP contribution in [-0.2, 0) is 5.54 Å². The van der Waals surface area contributed by atoms with Crippen LogP contribution in [0.2, 0.25) is 10.0 Å². The van der Waals surface area contributed by atoms with Gasteiger partial charge in [-0.3, -0.25) is 4.98 Å². The van der Waals surface area contributed by atoms with Gasteiger partial charge in [-0.05, 0) is 51.1 Å². The number of nitrogens with one attached hydrogen (secondary N) is 2. The molecule has 3 heterocycles. The van der Waals surface area contributed by atoms with Crippen LogP contribution in [0.15, 0.2) is 53.6 Å². The monoisotopic (exact) mass is 566 g/mol. The second-order valence-electron chi connectivity index (χ2n) is 9.52. The van der Waals surface area contributed by atoms with E-state index in [1.165, 1.54) is 35.7 Å². The Morgan fingerprint density at radius 3 is 2.53 bits per heavy atom. The zero-order valence-corrected chi connectivity index (χ0v) is 22.8. The Balaban J connectivity index is 1.60. The van der Waals surface area contributed by atoms with Crippen molar-refractivity contribution in [3.8, 4) is 6.07 Å². The number of pyridine rings is 1. The molecule has 192 valence electrons. The van der Waals surface area contributed by atoms with Gasteiger partial charge >= 0.3 is 0 Å². The summed E-state index contributed by atoms with van der Waals surface area (Å²) < 4.78 is 15.5. The lowest BCUT2D eigenvalue weighted by Crippen LogP contribution is -2.22. The molecule has 0 radical (unpaired) electrons. The number of halogens is 3. The fraction of sp³-hybridized carbons (Fsp3) is 0.192. The lowest BCUT2D eigenvalue weighted by atomic mass is 10.1. The largest absolute Gasteiger partial charge is 0.371 e. The highest BCUT2D eigenvalue weighted by molar-refractivity contribution is 7.07. The first-order valence-corrected chi connectivity index (χ1v) is 13.2. The molecule has 0 spiro atoms. The Morgan fingerprint density at radius 2 is 1.87 bits per heavy atom. The number of aromatic nitrogens is 5. The summed E-state index contributed by atoms with van der Waals surface area (Å²) in [5.74, 6) is -0.539. The second-order valence-corrected chi connectivity index (χ2v) is 11.0. The van der Waals surface area contributed by atoms with Gasteiger partial charge in [0.05, 0.1) is 49.8 Å². The Labute approximate surface area is 232 Å². The molecule has 0 aliphatic carbocycles. The summed E-state index contributed by atoms with van der Waals surface area (Å²) in [6, 6.07) is 9.58. The van der Waals surface area contributed by atoms with Crippen LogP contribution in [0.5, 0.6) is 0 Å². The van der Waals surface area contributed by atoms with Crippen molar-refractivity contribution in [3.05, 3.63) is 86.4 Å². The van der Waals surface area contributed by atoms with Gasteiger partial charge in [-0.15, -0.1) is 16.4 Å². The van der Waals surface area contributed by atoms with Crippen molar-refractivity contribution < 1.29 is 4.39 Å². The molecular weight excluding hydrogens is 546 g/mol. The van der Waals surface area contributed by atoms with Gasteiger partial charge in [-0.1, -0.05) is 28.4 Å². The summed E-state index contributed by atoms with van der Waals surface area (Å²) in [4.78, 5) is 8.90. The number of benzene rings is 2. The molecule has 0 aliphatic rings.